The molecular weight excluding hydrogens is 520 g/mol. The van der Waals surface area contributed by atoms with Crippen molar-refractivity contribution in [1.29, 1.82) is 0 Å². The normalized spacial score (nSPS) is 11.4. The average Bonchev–Trinajstić information content (AvgIpc) is 3.34. The Bertz CT molecular complexity index is 1490. The minimum atomic E-state index is -1.25. The van der Waals surface area contributed by atoms with E-state index >= 15 is 0 Å². The molecule has 0 aliphatic rings. The van der Waals surface area contributed by atoms with Gasteiger partial charge in [0.2, 0.25) is 11.7 Å². The molecule has 0 bridgehead atoms. The quantitative estimate of drug-likeness (QED) is 0.206. The Kier molecular flexibility index (Phi) is 9.83. The van der Waals surface area contributed by atoms with Gasteiger partial charge in [0.1, 0.15) is 19.3 Å². The van der Waals surface area contributed by atoms with Crippen LogP contribution in [0.25, 0.3) is 0 Å². The molecule has 8 nitrogen and oxygen atoms in total. The van der Waals surface area contributed by atoms with Crippen LogP contribution in [0.1, 0.15) is 44.9 Å². The molecule has 0 aliphatic heterocycles. The lowest BCUT2D eigenvalue weighted by atomic mass is 10.1. The highest BCUT2D eigenvalue weighted by Gasteiger charge is 2.27. The van der Waals surface area contributed by atoms with Crippen molar-refractivity contribution in [3.63, 3.8) is 0 Å². The molecule has 1 unspecified atom stereocenters. The molecule has 1 heterocycles. The largest absolute Gasteiger partial charge is 0.461 e. The third-order valence-electron chi connectivity index (χ3n) is 6.57. The van der Waals surface area contributed by atoms with Gasteiger partial charge in [0.05, 0.1) is 18.5 Å². The van der Waals surface area contributed by atoms with Gasteiger partial charge in [-0.05, 0) is 30.2 Å². The molecule has 0 aliphatic carbocycles. The van der Waals surface area contributed by atoms with Crippen molar-refractivity contribution in [2.24, 2.45) is 7.05 Å². The van der Waals surface area contributed by atoms with Gasteiger partial charge in [-0.3, -0.25) is 14.4 Å². The van der Waals surface area contributed by atoms with E-state index in [1.165, 1.54) is 0 Å². The maximum absolute atomic E-state index is 13.0. The van der Waals surface area contributed by atoms with Crippen LogP contribution in [0.3, 0.4) is 0 Å². The second-order valence-electron chi connectivity index (χ2n) is 9.70. The van der Waals surface area contributed by atoms with Crippen LogP contribution in [0, 0.1) is 6.92 Å². The van der Waals surface area contributed by atoms with Crippen LogP contribution in [-0.4, -0.2) is 34.2 Å². The summed E-state index contributed by atoms with van der Waals surface area (Å²) in [6.45, 7) is 1.98. The fourth-order valence-electron chi connectivity index (χ4n) is 4.21. The van der Waals surface area contributed by atoms with Crippen LogP contribution < -0.4 is 5.32 Å². The summed E-state index contributed by atoms with van der Waals surface area (Å²) < 4.78 is 12.4. The van der Waals surface area contributed by atoms with Crippen molar-refractivity contribution < 1.29 is 28.7 Å². The third-order valence-corrected chi connectivity index (χ3v) is 6.57. The summed E-state index contributed by atoms with van der Waals surface area (Å²) in [5.74, 6) is -2.07. The van der Waals surface area contributed by atoms with E-state index < -0.39 is 30.3 Å². The van der Waals surface area contributed by atoms with Gasteiger partial charge in [0, 0.05) is 18.3 Å². The lowest BCUT2D eigenvalue weighted by Gasteiger charge is -2.18. The Morgan fingerprint density at radius 3 is 1.95 bits per heavy atom. The highest BCUT2D eigenvalue weighted by atomic mass is 16.5. The van der Waals surface area contributed by atoms with Crippen LogP contribution in [-0.2, 0) is 50.5 Å². The summed E-state index contributed by atoms with van der Waals surface area (Å²) >= 11 is 0. The van der Waals surface area contributed by atoms with Crippen LogP contribution in [0.4, 0.5) is 0 Å². The van der Waals surface area contributed by atoms with Crippen LogP contribution in [0.15, 0.2) is 97.1 Å². The van der Waals surface area contributed by atoms with Crippen molar-refractivity contribution in [3.05, 3.63) is 131 Å². The molecule has 1 N–H and O–H groups in total. The number of esters is 2. The van der Waals surface area contributed by atoms with E-state index in [9.17, 15) is 19.2 Å². The van der Waals surface area contributed by atoms with Crippen LogP contribution in [0.2, 0.25) is 0 Å². The maximum atomic E-state index is 13.0. The van der Waals surface area contributed by atoms with E-state index in [-0.39, 0.29) is 25.4 Å². The highest BCUT2D eigenvalue weighted by molar-refractivity contribution is 6.08. The predicted molar refractivity (Wildman–Crippen MR) is 153 cm³/mol. The Morgan fingerprint density at radius 1 is 0.756 bits per heavy atom. The van der Waals surface area contributed by atoms with Gasteiger partial charge in [-0.25, -0.2) is 4.79 Å². The number of benzene rings is 3. The Balaban J connectivity index is 1.41. The van der Waals surface area contributed by atoms with Gasteiger partial charge >= 0.3 is 11.9 Å². The number of ether oxygens (including phenoxy) is 2. The molecule has 1 aromatic heterocycles. The van der Waals surface area contributed by atoms with Gasteiger partial charge < -0.3 is 19.4 Å². The molecule has 1 amide bonds. The summed E-state index contributed by atoms with van der Waals surface area (Å²) in [4.78, 5) is 51.6. The number of ketones is 1. The molecule has 41 heavy (non-hydrogen) atoms. The summed E-state index contributed by atoms with van der Waals surface area (Å²) in [5, 5.41) is 2.62. The zero-order valence-electron chi connectivity index (χ0n) is 23.0. The second kappa shape index (κ2) is 13.9. The molecule has 8 heteroatoms. The van der Waals surface area contributed by atoms with Crippen molar-refractivity contribution >= 4 is 23.6 Å². The number of carbonyl (C=O) groups excluding carboxylic acids is 4. The van der Waals surface area contributed by atoms with Gasteiger partial charge in [-0.15, -0.1) is 0 Å². The molecular formula is C33H32N2O6. The van der Waals surface area contributed by atoms with Crippen molar-refractivity contribution in [2.75, 3.05) is 0 Å². The smallest absolute Gasteiger partial charge is 0.329 e. The van der Waals surface area contributed by atoms with Gasteiger partial charge in [0.25, 0.3) is 0 Å². The first-order valence-electron chi connectivity index (χ1n) is 13.3. The molecule has 4 rings (SSSR count). The number of aryl methyl sites for hydroxylation is 1. The number of hydrogen-bond donors (Lipinski definition) is 1. The van der Waals surface area contributed by atoms with Crippen molar-refractivity contribution in [3.8, 4) is 0 Å². The first-order chi connectivity index (χ1) is 19.8. The van der Waals surface area contributed by atoms with E-state index in [1.54, 1.807) is 48.0 Å². The second-order valence-corrected chi connectivity index (χ2v) is 9.70. The number of aromatic nitrogens is 1. The SMILES string of the molecule is Cc1ccc(C(=O)c2ccc(CC(=O)NC(CC(=O)OCc3ccccc3)C(=O)OCc3ccccc3)n2C)cc1. The molecule has 3 aromatic carbocycles. The number of nitrogens with zero attached hydrogens (tertiary/aromatic N) is 1. The minimum Gasteiger partial charge on any atom is -0.461 e. The van der Waals surface area contributed by atoms with Gasteiger partial charge in [-0.1, -0.05) is 90.5 Å². The van der Waals surface area contributed by atoms with E-state index in [4.69, 9.17) is 9.47 Å². The summed E-state index contributed by atoms with van der Waals surface area (Å²) in [6.07, 6.45) is -0.504. The fourth-order valence-corrected chi connectivity index (χ4v) is 4.21. The molecule has 0 spiro atoms. The predicted octanol–water partition coefficient (Wildman–Crippen LogP) is 4.47. The number of hydrogen-bond acceptors (Lipinski definition) is 6. The Morgan fingerprint density at radius 2 is 1.34 bits per heavy atom. The van der Waals surface area contributed by atoms with Gasteiger partial charge in [0.15, 0.2) is 0 Å². The lowest BCUT2D eigenvalue weighted by Crippen LogP contribution is -2.44. The number of amides is 1. The molecule has 4 aromatic rings. The number of rotatable bonds is 12. The zero-order valence-corrected chi connectivity index (χ0v) is 23.0. The lowest BCUT2D eigenvalue weighted by molar-refractivity contribution is -0.155. The van der Waals surface area contributed by atoms with Crippen molar-refractivity contribution in [1.82, 2.24) is 9.88 Å². The zero-order chi connectivity index (χ0) is 29.2. The number of nitrogens with one attached hydrogen (secondary N) is 1. The Labute approximate surface area is 238 Å². The maximum Gasteiger partial charge on any atom is 0.329 e. The van der Waals surface area contributed by atoms with E-state index in [0.717, 1.165) is 16.7 Å². The summed E-state index contributed by atoms with van der Waals surface area (Å²) in [7, 11) is 1.70. The average molecular weight is 553 g/mol. The molecule has 0 saturated carbocycles. The molecule has 0 saturated heterocycles. The van der Waals surface area contributed by atoms with Gasteiger partial charge in [-0.2, -0.15) is 0 Å². The standard InChI is InChI=1S/C33H32N2O6/c1-23-13-15-26(16-14-23)32(38)29-18-17-27(35(29)2)19-30(36)34-28(33(39)41-22-25-11-7-4-8-12-25)20-31(37)40-21-24-9-5-3-6-10-24/h3-18,28H,19-22H2,1-2H3,(H,34,36). The summed E-state index contributed by atoms with van der Waals surface area (Å²) in [6, 6.07) is 27.6. The first kappa shape index (κ1) is 29.0. The molecule has 0 fully saturated rings. The molecule has 210 valence electrons. The topological polar surface area (TPSA) is 104 Å². The Hall–Kier alpha value is -4.98. The third kappa shape index (κ3) is 8.25. The van der Waals surface area contributed by atoms with Crippen LogP contribution >= 0.6 is 0 Å². The van der Waals surface area contributed by atoms with E-state index in [2.05, 4.69) is 5.32 Å². The monoisotopic (exact) mass is 552 g/mol. The van der Waals surface area contributed by atoms with E-state index in [1.807, 2.05) is 67.6 Å². The fraction of sp³-hybridized carbons (Fsp3) is 0.212. The van der Waals surface area contributed by atoms with E-state index in [0.29, 0.717) is 17.0 Å². The molecule has 0 radical (unpaired) electrons. The van der Waals surface area contributed by atoms with Crippen LogP contribution in [0.5, 0.6) is 0 Å². The highest BCUT2D eigenvalue weighted by Crippen LogP contribution is 2.15. The minimum absolute atomic E-state index is 0.00655. The van der Waals surface area contributed by atoms with Crippen molar-refractivity contribution in [2.45, 2.75) is 39.0 Å². The first-order valence-corrected chi connectivity index (χ1v) is 13.3. The molecule has 1 atom stereocenters. The summed E-state index contributed by atoms with van der Waals surface area (Å²) in [5.41, 5.74) is 4.16. The number of carbonyl (C=O) groups is 4.